The van der Waals surface area contributed by atoms with Crippen molar-refractivity contribution in [2.75, 3.05) is 27.2 Å². The summed E-state index contributed by atoms with van der Waals surface area (Å²) in [6, 6.07) is 19.0. The Hall–Kier alpha value is -0.910. The predicted octanol–water partition coefficient (Wildman–Crippen LogP) is 4.13. The lowest BCUT2D eigenvalue weighted by molar-refractivity contribution is -0.0102. The average molecular weight is 395 g/mol. The van der Waals surface area contributed by atoms with E-state index in [1.54, 1.807) is 0 Å². The third kappa shape index (κ3) is 4.28. The minimum atomic E-state index is -0.418. The van der Waals surface area contributed by atoms with E-state index in [1.807, 2.05) is 6.07 Å². The first kappa shape index (κ1) is 16.5. The van der Waals surface area contributed by atoms with Gasteiger partial charge in [0.15, 0.2) is 0 Å². The average Bonchev–Trinajstić information content (AvgIpc) is 2.47. The Bertz CT molecular complexity index is 570. The van der Waals surface area contributed by atoms with Crippen LogP contribution in [0.4, 0.5) is 0 Å². The second-order valence-corrected chi connectivity index (χ2v) is 6.81. The first-order chi connectivity index (χ1) is 10.0. The molecule has 0 N–H and O–H groups in total. The Kier molecular flexibility index (Phi) is 5.79. The zero-order chi connectivity index (χ0) is 15.3. The molecule has 0 bridgehead atoms. The van der Waals surface area contributed by atoms with Crippen LogP contribution in [0, 0.1) is 3.57 Å². The van der Waals surface area contributed by atoms with Crippen LogP contribution in [-0.4, -0.2) is 32.1 Å². The zero-order valence-corrected chi connectivity index (χ0v) is 15.0. The maximum absolute atomic E-state index is 6.32. The lowest BCUT2D eigenvalue weighted by Gasteiger charge is -2.32. The summed E-state index contributed by atoms with van der Waals surface area (Å²) in [5, 5.41) is 0. The van der Waals surface area contributed by atoms with E-state index in [9.17, 15) is 0 Å². The second kappa shape index (κ2) is 7.38. The van der Waals surface area contributed by atoms with Crippen molar-refractivity contribution in [2.45, 2.75) is 12.5 Å². The summed E-state index contributed by atoms with van der Waals surface area (Å²) in [6.45, 7) is 3.76. The Morgan fingerprint density at radius 2 is 1.67 bits per heavy atom. The number of benzene rings is 2. The number of halogens is 1. The first-order valence-corrected chi connectivity index (χ1v) is 8.20. The molecular weight excluding hydrogens is 373 g/mol. The summed E-state index contributed by atoms with van der Waals surface area (Å²) >= 11 is 2.35. The van der Waals surface area contributed by atoms with Crippen LogP contribution in [0.3, 0.4) is 0 Å². The van der Waals surface area contributed by atoms with Crippen LogP contribution < -0.4 is 0 Å². The van der Waals surface area contributed by atoms with Gasteiger partial charge in [0.25, 0.3) is 0 Å². The van der Waals surface area contributed by atoms with Crippen molar-refractivity contribution in [2.24, 2.45) is 0 Å². The molecule has 21 heavy (non-hydrogen) atoms. The normalized spacial score (nSPS) is 14.1. The van der Waals surface area contributed by atoms with Gasteiger partial charge in [-0.05, 0) is 66.9 Å². The molecule has 0 saturated heterocycles. The van der Waals surface area contributed by atoms with Gasteiger partial charge in [0.05, 0.1) is 6.61 Å². The van der Waals surface area contributed by atoms with Crippen LogP contribution in [0.25, 0.3) is 0 Å². The van der Waals surface area contributed by atoms with Gasteiger partial charge >= 0.3 is 0 Å². The molecule has 0 aromatic heterocycles. The number of hydrogen-bond donors (Lipinski definition) is 0. The van der Waals surface area contributed by atoms with Crippen LogP contribution in [0.2, 0.25) is 0 Å². The molecule has 0 heterocycles. The lowest BCUT2D eigenvalue weighted by atomic mass is 9.88. The van der Waals surface area contributed by atoms with Gasteiger partial charge in [-0.2, -0.15) is 0 Å². The highest BCUT2D eigenvalue weighted by atomic mass is 127. The topological polar surface area (TPSA) is 12.5 Å². The summed E-state index contributed by atoms with van der Waals surface area (Å²) in [6.07, 6.45) is 0. The summed E-state index contributed by atoms with van der Waals surface area (Å²) in [5.41, 5.74) is 1.96. The highest BCUT2D eigenvalue weighted by molar-refractivity contribution is 14.1. The van der Waals surface area contributed by atoms with Crippen LogP contribution >= 0.6 is 22.6 Å². The lowest BCUT2D eigenvalue weighted by Crippen LogP contribution is -2.31. The quantitative estimate of drug-likeness (QED) is 0.682. The molecule has 1 unspecified atom stereocenters. The molecule has 2 aromatic carbocycles. The van der Waals surface area contributed by atoms with E-state index < -0.39 is 5.60 Å². The molecule has 1 atom stereocenters. The van der Waals surface area contributed by atoms with Gasteiger partial charge in [-0.15, -0.1) is 0 Å². The highest BCUT2D eigenvalue weighted by Crippen LogP contribution is 2.33. The van der Waals surface area contributed by atoms with Crippen LogP contribution in [0.15, 0.2) is 54.6 Å². The third-order valence-electron chi connectivity index (χ3n) is 3.63. The van der Waals surface area contributed by atoms with Gasteiger partial charge in [-0.25, -0.2) is 0 Å². The molecule has 2 aromatic rings. The van der Waals surface area contributed by atoms with E-state index in [-0.39, 0.29) is 0 Å². The van der Waals surface area contributed by atoms with Crippen molar-refractivity contribution in [3.63, 3.8) is 0 Å². The van der Waals surface area contributed by atoms with Crippen molar-refractivity contribution >= 4 is 22.6 Å². The maximum atomic E-state index is 6.32. The Morgan fingerprint density at radius 1 is 1.00 bits per heavy atom. The molecular formula is C18H22INO. The SMILES string of the molecule is CN(C)CCOC(C)(c1ccccc1)c1cccc(I)c1. The largest absolute Gasteiger partial charge is 0.365 e. The Morgan fingerprint density at radius 3 is 2.29 bits per heavy atom. The fourth-order valence-electron chi connectivity index (χ4n) is 2.31. The summed E-state index contributed by atoms with van der Waals surface area (Å²) < 4.78 is 7.55. The van der Waals surface area contributed by atoms with E-state index in [0.29, 0.717) is 6.61 Å². The fourth-order valence-corrected chi connectivity index (χ4v) is 2.85. The van der Waals surface area contributed by atoms with E-state index in [0.717, 1.165) is 6.54 Å². The third-order valence-corrected chi connectivity index (χ3v) is 4.30. The fraction of sp³-hybridized carbons (Fsp3) is 0.333. The summed E-state index contributed by atoms with van der Waals surface area (Å²) in [5.74, 6) is 0. The van der Waals surface area contributed by atoms with Crippen molar-refractivity contribution < 1.29 is 4.74 Å². The Labute approximate surface area is 141 Å². The van der Waals surface area contributed by atoms with E-state index >= 15 is 0 Å². The molecule has 0 amide bonds. The van der Waals surface area contributed by atoms with Gasteiger partial charge < -0.3 is 9.64 Å². The monoisotopic (exact) mass is 395 g/mol. The van der Waals surface area contributed by atoms with Gasteiger partial charge in [0, 0.05) is 10.1 Å². The molecule has 3 heteroatoms. The molecule has 0 aliphatic rings. The minimum Gasteiger partial charge on any atom is -0.365 e. The van der Waals surface area contributed by atoms with Crippen LogP contribution in [-0.2, 0) is 10.3 Å². The number of hydrogen-bond acceptors (Lipinski definition) is 2. The summed E-state index contributed by atoms with van der Waals surface area (Å²) in [7, 11) is 4.13. The zero-order valence-electron chi connectivity index (χ0n) is 12.8. The predicted molar refractivity (Wildman–Crippen MR) is 96.6 cm³/mol. The van der Waals surface area contributed by atoms with Crippen molar-refractivity contribution in [3.05, 3.63) is 69.3 Å². The van der Waals surface area contributed by atoms with E-state index in [1.165, 1.54) is 14.7 Å². The Balaban J connectivity index is 2.34. The summed E-state index contributed by atoms with van der Waals surface area (Å²) in [4.78, 5) is 2.14. The molecule has 0 fully saturated rings. The van der Waals surface area contributed by atoms with Crippen LogP contribution in [0.1, 0.15) is 18.1 Å². The maximum Gasteiger partial charge on any atom is 0.115 e. The van der Waals surface area contributed by atoms with Gasteiger partial charge in [0.1, 0.15) is 5.60 Å². The number of ether oxygens (including phenoxy) is 1. The van der Waals surface area contributed by atoms with Crippen molar-refractivity contribution in [1.29, 1.82) is 0 Å². The van der Waals surface area contributed by atoms with Crippen LogP contribution in [0.5, 0.6) is 0 Å². The molecule has 0 saturated carbocycles. The number of nitrogens with zero attached hydrogens (tertiary/aromatic N) is 1. The molecule has 0 spiro atoms. The molecule has 112 valence electrons. The first-order valence-electron chi connectivity index (χ1n) is 7.12. The van der Waals surface area contributed by atoms with Gasteiger partial charge in [0.2, 0.25) is 0 Å². The highest BCUT2D eigenvalue weighted by Gasteiger charge is 2.29. The van der Waals surface area contributed by atoms with Gasteiger partial charge in [-0.3, -0.25) is 0 Å². The van der Waals surface area contributed by atoms with E-state index in [4.69, 9.17) is 4.74 Å². The number of likely N-dealkylation sites (N-methyl/N-ethyl adjacent to an activating group) is 1. The number of rotatable bonds is 6. The smallest absolute Gasteiger partial charge is 0.115 e. The standard InChI is InChI=1S/C18H22INO/c1-18(21-13-12-20(2)3,15-8-5-4-6-9-15)16-10-7-11-17(19)14-16/h4-11,14H,12-13H2,1-3H3. The second-order valence-electron chi connectivity index (χ2n) is 5.56. The minimum absolute atomic E-state index is 0.418. The molecule has 0 aliphatic carbocycles. The molecule has 2 rings (SSSR count). The van der Waals surface area contributed by atoms with Crippen molar-refractivity contribution in [3.8, 4) is 0 Å². The molecule has 0 radical (unpaired) electrons. The molecule has 2 nitrogen and oxygen atoms in total. The van der Waals surface area contributed by atoms with Gasteiger partial charge in [-0.1, -0.05) is 42.5 Å². The van der Waals surface area contributed by atoms with E-state index in [2.05, 4.69) is 97.0 Å². The molecule has 0 aliphatic heterocycles. The van der Waals surface area contributed by atoms with Crippen molar-refractivity contribution in [1.82, 2.24) is 4.90 Å².